The summed E-state index contributed by atoms with van der Waals surface area (Å²) in [5.74, 6) is -2.32. The fraction of sp³-hybridized carbons (Fsp3) is 0.455. The molecular formula is C11H12BrF2NO3S. The lowest BCUT2D eigenvalue weighted by Crippen LogP contribution is -2.40. The van der Waals surface area contributed by atoms with Crippen molar-refractivity contribution in [1.29, 1.82) is 0 Å². The highest BCUT2D eigenvalue weighted by Crippen LogP contribution is 2.29. The quantitative estimate of drug-likeness (QED) is 0.824. The van der Waals surface area contributed by atoms with E-state index >= 15 is 0 Å². The van der Waals surface area contributed by atoms with Crippen LogP contribution in [0.15, 0.2) is 21.5 Å². The predicted molar refractivity (Wildman–Crippen MR) is 68.1 cm³/mol. The molecule has 0 radical (unpaired) electrons. The van der Waals surface area contributed by atoms with Crippen LogP contribution in [0.1, 0.15) is 12.8 Å². The fourth-order valence-corrected chi connectivity index (χ4v) is 4.38. The molecule has 1 aliphatic heterocycles. The van der Waals surface area contributed by atoms with Gasteiger partial charge < -0.3 is 5.11 Å². The zero-order valence-corrected chi connectivity index (χ0v) is 12.2. The van der Waals surface area contributed by atoms with Crippen LogP contribution in [-0.2, 0) is 10.0 Å². The number of benzene rings is 1. The van der Waals surface area contributed by atoms with Crippen LogP contribution in [-0.4, -0.2) is 37.0 Å². The van der Waals surface area contributed by atoms with E-state index in [2.05, 4.69) is 15.9 Å². The largest absolute Gasteiger partial charge is 0.393 e. The SMILES string of the molecule is O=S(=O)(c1cc(F)c(F)cc1Br)N1CCC(O)CC1. The standard InChI is InChI=1S/C11H12BrF2NO3S/c12-8-5-9(13)10(14)6-11(8)19(17,18)15-3-1-7(16)2-4-15/h5-7,16H,1-4H2. The average molecular weight is 356 g/mol. The Hall–Kier alpha value is -0.570. The van der Waals surface area contributed by atoms with Gasteiger partial charge in [-0.3, -0.25) is 0 Å². The first-order valence-electron chi connectivity index (χ1n) is 5.65. The van der Waals surface area contributed by atoms with Crippen LogP contribution in [0.25, 0.3) is 0 Å². The molecule has 0 amide bonds. The third-order valence-electron chi connectivity index (χ3n) is 3.02. The number of halogens is 3. The Morgan fingerprint density at radius 1 is 1.21 bits per heavy atom. The zero-order valence-electron chi connectivity index (χ0n) is 9.81. The minimum Gasteiger partial charge on any atom is -0.393 e. The van der Waals surface area contributed by atoms with Gasteiger partial charge in [0.1, 0.15) is 0 Å². The van der Waals surface area contributed by atoms with E-state index in [1.54, 1.807) is 0 Å². The van der Waals surface area contributed by atoms with Crippen LogP contribution >= 0.6 is 15.9 Å². The van der Waals surface area contributed by atoms with Crippen LogP contribution in [0, 0.1) is 11.6 Å². The molecule has 0 atom stereocenters. The minimum atomic E-state index is -3.89. The average Bonchev–Trinajstić information content (AvgIpc) is 2.34. The molecule has 1 fully saturated rings. The molecule has 19 heavy (non-hydrogen) atoms. The molecule has 4 nitrogen and oxygen atoms in total. The van der Waals surface area contributed by atoms with Gasteiger partial charge in [-0.25, -0.2) is 17.2 Å². The molecule has 1 aromatic rings. The first-order chi connectivity index (χ1) is 8.82. The summed E-state index contributed by atoms with van der Waals surface area (Å²) in [5.41, 5.74) is 0. The van der Waals surface area contributed by atoms with Gasteiger partial charge in [-0.15, -0.1) is 0 Å². The van der Waals surface area contributed by atoms with E-state index in [-0.39, 0.29) is 22.5 Å². The van der Waals surface area contributed by atoms with E-state index < -0.39 is 27.8 Å². The smallest absolute Gasteiger partial charge is 0.244 e. The van der Waals surface area contributed by atoms with Crippen molar-refractivity contribution in [3.63, 3.8) is 0 Å². The third-order valence-corrected chi connectivity index (χ3v) is 5.87. The lowest BCUT2D eigenvalue weighted by molar-refractivity contribution is 0.113. The summed E-state index contributed by atoms with van der Waals surface area (Å²) in [5, 5.41) is 9.36. The van der Waals surface area contributed by atoms with Gasteiger partial charge in [-0.05, 0) is 40.9 Å². The summed E-state index contributed by atoms with van der Waals surface area (Å²) < 4.78 is 51.9. The van der Waals surface area contributed by atoms with Gasteiger partial charge in [0.15, 0.2) is 11.6 Å². The van der Waals surface area contributed by atoms with Crippen molar-refractivity contribution in [3.8, 4) is 0 Å². The molecule has 8 heteroatoms. The summed E-state index contributed by atoms with van der Waals surface area (Å²) in [6, 6.07) is 1.46. The second-order valence-corrected chi connectivity index (χ2v) is 7.09. The number of hydrogen-bond donors (Lipinski definition) is 1. The van der Waals surface area contributed by atoms with E-state index in [1.165, 1.54) is 0 Å². The third kappa shape index (κ3) is 2.96. The number of nitrogens with zero attached hydrogens (tertiary/aromatic N) is 1. The molecule has 0 unspecified atom stereocenters. The van der Waals surface area contributed by atoms with Gasteiger partial charge in [-0.1, -0.05) is 0 Å². The van der Waals surface area contributed by atoms with Crippen molar-refractivity contribution in [2.75, 3.05) is 13.1 Å². The summed E-state index contributed by atoms with van der Waals surface area (Å²) in [4.78, 5) is -0.303. The van der Waals surface area contributed by atoms with Gasteiger partial charge >= 0.3 is 0 Å². The summed E-state index contributed by atoms with van der Waals surface area (Å²) in [7, 11) is -3.89. The maximum Gasteiger partial charge on any atom is 0.244 e. The molecule has 1 heterocycles. The van der Waals surface area contributed by atoms with Crippen molar-refractivity contribution >= 4 is 26.0 Å². The second kappa shape index (κ2) is 5.43. The number of aliphatic hydroxyl groups is 1. The van der Waals surface area contributed by atoms with E-state index in [0.717, 1.165) is 10.4 Å². The second-order valence-electron chi connectivity index (χ2n) is 4.33. The van der Waals surface area contributed by atoms with Crippen molar-refractivity contribution in [2.45, 2.75) is 23.8 Å². The van der Waals surface area contributed by atoms with Gasteiger partial charge in [0.05, 0.1) is 11.0 Å². The lowest BCUT2D eigenvalue weighted by atomic mass is 10.1. The minimum absolute atomic E-state index is 0.0162. The van der Waals surface area contributed by atoms with Crippen LogP contribution < -0.4 is 0 Å². The van der Waals surface area contributed by atoms with E-state index in [1.807, 2.05) is 0 Å². The maximum atomic E-state index is 13.2. The Bertz CT molecular complexity index is 586. The highest BCUT2D eigenvalue weighted by molar-refractivity contribution is 9.10. The molecule has 106 valence electrons. The molecule has 0 aromatic heterocycles. The Balaban J connectivity index is 2.37. The predicted octanol–water partition coefficient (Wildman–Crippen LogP) is 1.87. The highest BCUT2D eigenvalue weighted by Gasteiger charge is 2.31. The maximum absolute atomic E-state index is 13.2. The number of piperidine rings is 1. The van der Waals surface area contributed by atoms with Crippen molar-refractivity contribution in [2.24, 2.45) is 0 Å². The first-order valence-corrected chi connectivity index (χ1v) is 7.88. The van der Waals surface area contributed by atoms with E-state index in [0.29, 0.717) is 18.9 Å². The number of hydrogen-bond acceptors (Lipinski definition) is 3. The van der Waals surface area contributed by atoms with Gasteiger partial charge in [0, 0.05) is 17.6 Å². The van der Waals surface area contributed by atoms with Crippen molar-refractivity contribution in [1.82, 2.24) is 4.31 Å². The summed E-state index contributed by atoms with van der Waals surface area (Å²) in [6.07, 6.45) is 0.154. The number of rotatable bonds is 2. The summed E-state index contributed by atoms with van der Waals surface area (Å²) in [6.45, 7) is 0.323. The normalized spacial score (nSPS) is 18.7. The Morgan fingerprint density at radius 2 is 1.74 bits per heavy atom. The Labute approximate surface area is 118 Å². The molecule has 1 N–H and O–H groups in total. The van der Waals surface area contributed by atoms with Gasteiger partial charge in [0.25, 0.3) is 0 Å². The van der Waals surface area contributed by atoms with Gasteiger partial charge in [-0.2, -0.15) is 4.31 Å². The summed E-state index contributed by atoms with van der Waals surface area (Å²) >= 11 is 2.93. The fourth-order valence-electron chi connectivity index (χ4n) is 1.92. The lowest BCUT2D eigenvalue weighted by Gasteiger charge is -2.29. The van der Waals surface area contributed by atoms with Crippen molar-refractivity contribution < 1.29 is 22.3 Å². The monoisotopic (exact) mass is 355 g/mol. The zero-order chi connectivity index (χ0) is 14.2. The molecule has 1 aliphatic rings. The van der Waals surface area contributed by atoms with Crippen molar-refractivity contribution in [3.05, 3.63) is 28.2 Å². The molecule has 0 bridgehead atoms. The molecule has 0 saturated carbocycles. The molecule has 1 saturated heterocycles. The van der Waals surface area contributed by atoms with Crippen LogP contribution in [0.4, 0.5) is 8.78 Å². The molecular weight excluding hydrogens is 344 g/mol. The Kier molecular flexibility index (Phi) is 4.24. The Morgan fingerprint density at radius 3 is 2.32 bits per heavy atom. The van der Waals surface area contributed by atoms with E-state index in [9.17, 15) is 22.3 Å². The highest BCUT2D eigenvalue weighted by atomic mass is 79.9. The van der Waals surface area contributed by atoms with Crippen LogP contribution in [0.3, 0.4) is 0 Å². The van der Waals surface area contributed by atoms with Gasteiger partial charge in [0.2, 0.25) is 10.0 Å². The molecule has 2 rings (SSSR count). The molecule has 1 aromatic carbocycles. The topological polar surface area (TPSA) is 57.6 Å². The van der Waals surface area contributed by atoms with Crippen LogP contribution in [0.2, 0.25) is 0 Å². The molecule has 0 aliphatic carbocycles. The van der Waals surface area contributed by atoms with E-state index in [4.69, 9.17) is 0 Å². The van der Waals surface area contributed by atoms with Crippen LogP contribution in [0.5, 0.6) is 0 Å². The number of aliphatic hydroxyl groups excluding tert-OH is 1. The molecule has 0 spiro atoms. The number of sulfonamides is 1. The first kappa shape index (κ1) is 14.8.